The van der Waals surface area contributed by atoms with Crippen LogP contribution in [0.4, 0.5) is 9.59 Å². The SMILES string of the molecule is C=C(COC(=O)OC)c1cccc2cnn(C(=O)N(C(C)C)C(C)C)c12. The summed E-state index contributed by atoms with van der Waals surface area (Å²) in [4.78, 5) is 26.1. The predicted octanol–water partition coefficient (Wildman–Crippen LogP) is 3.92. The fraction of sp³-hybridized carbons (Fsp3) is 0.421. The van der Waals surface area contributed by atoms with E-state index >= 15 is 0 Å². The van der Waals surface area contributed by atoms with E-state index in [1.165, 1.54) is 11.8 Å². The number of carbonyl (C=O) groups excluding carboxylic acids is 2. The number of para-hydroxylation sites is 1. The van der Waals surface area contributed by atoms with Crippen molar-refractivity contribution in [1.29, 1.82) is 0 Å². The number of methoxy groups -OCH3 is 1. The zero-order valence-electron chi connectivity index (χ0n) is 15.9. The highest BCUT2D eigenvalue weighted by Crippen LogP contribution is 2.25. The molecule has 2 aromatic rings. The van der Waals surface area contributed by atoms with Crippen LogP contribution in [0.25, 0.3) is 16.5 Å². The molecule has 1 heterocycles. The van der Waals surface area contributed by atoms with Gasteiger partial charge in [0.1, 0.15) is 6.61 Å². The number of amides is 1. The van der Waals surface area contributed by atoms with Crippen molar-refractivity contribution in [3.63, 3.8) is 0 Å². The molecule has 0 unspecified atom stereocenters. The lowest BCUT2D eigenvalue weighted by molar-refractivity contribution is 0.0833. The first-order chi connectivity index (χ1) is 12.3. The highest BCUT2D eigenvalue weighted by atomic mass is 16.7. The molecule has 140 valence electrons. The number of rotatable bonds is 5. The molecule has 0 bridgehead atoms. The van der Waals surface area contributed by atoms with E-state index in [-0.39, 0.29) is 24.7 Å². The highest BCUT2D eigenvalue weighted by molar-refractivity contribution is 5.97. The lowest BCUT2D eigenvalue weighted by Gasteiger charge is -2.30. The van der Waals surface area contributed by atoms with Crippen LogP contribution in [0.1, 0.15) is 33.3 Å². The van der Waals surface area contributed by atoms with Crippen LogP contribution in [-0.4, -0.2) is 52.7 Å². The Morgan fingerprint density at radius 3 is 2.46 bits per heavy atom. The Labute approximate surface area is 153 Å². The summed E-state index contributed by atoms with van der Waals surface area (Å²) in [6, 6.07) is 5.39. The van der Waals surface area contributed by atoms with Crippen molar-refractivity contribution < 1.29 is 19.1 Å². The van der Waals surface area contributed by atoms with Crippen molar-refractivity contribution in [2.24, 2.45) is 0 Å². The number of ether oxygens (including phenoxy) is 2. The Morgan fingerprint density at radius 1 is 1.23 bits per heavy atom. The summed E-state index contributed by atoms with van der Waals surface area (Å²) in [7, 11) is 1.24. The van der Waals surface area contributed by atoms with Crippen LogP contribution in [0.3, 0.4) is 0 Å². The largest absolute Gasteiger partial charge is 0.508 e. The van der Waals surface area contributed by atoms with Crippen molar-refractivity contribution >= 4 is 28.7 Å². The monoisotopic (exact) mass is 359 g/mol. The first kappa shape index (κ1) is 19.5. The van der Waals surface area contributed by atoms with Gasteiger partial charge in [0.2, 0.25) is 0 Å². The number of carbonyl (C=O) groups is 2. The molecule has 7 nitrogen and oxygen atoms in total. The molecule has 0 radical (unpaired) electrons. The number of benzene rings is 1. The Kier molecular flexibility index (Phi) is 6.02. The van der Waals surface area contributed by atoms with Crippen LogP contribution >= 0.6 is 0 Å². The molecule has 0 aliphatic heterocycles. The van der Waals surface area contributed by atoms with Crippen LogP contribution in [0.15, 0.2) is 31.0 Å². The Hall–Kier alpha value is -2.83. The third-order valence-corrected chi connectivity index (χ3v) is 4.02. The van der Waals surface area contributed by atoms with Crippen molar-refractivity contribution in [3.05, 3.63) is 36.5 Å². The molecule has 1 amide bonds. The average Bonchev–Trinajstić information content (AvgIpc) is 3.02. The van der Waals surface area contributed by atoms with Gasteiger partial charge in [0.25, 0.3) is 0 Å². The second kappa shape index (κ2) is 8.03. The number of hydrogen-bond acceptors (Lipinski definition) is 5. The Bertz CT molecular complexity index is 815. The summed E-state index contributed by atoms with van der Waals surface area (Å²) in [6.45, 7) is 11.8. The zero-order chi connectivity index (χ0) is 19.4. The molecule has 0 N–H and O–H groups in total. The van der Waals surface area contributed by atoms with Crippen LogP contribution in [-0.2, 0) is 9.47 Å². The van der Waals surface area contributed by atoms with Gasteiger partial charge in [-0.1, -0.05) is 24.8 Å². The van der Waals surface area contributed by atoms with Crippen molar-refractivity contribution in [2.75, 3.05) is 13.7 Å². The van der Waals surface area contributed by atoms with Gasteiger partial charge in [-0.25, -0.2) is 9.59 Å². The third-order valence-electron chi connectivity index (χ3n) is 4.02. The molecule has 0 aliphatic carbocycles. The van der Waals surface area contributed by atoms with E-state index in [0.717, 1.165) is 5.39 Å². The van der Waals surface area contributed by atoms with E-state index in [1.54, 1.807) is 11.1 Å². The minimum Gasteiger partial charge on any atom is -0.438 e. The molecule has 0 saturated heterocycles. The van der Waals surface area contributed by atoms with Crippen LogP contribution < -0.4 is 0 Å². The van der Waals surface area contributed by atoms with Gasteiger partial charge in [-0.15, -0.1) is 0 Å². The minimum absolute atomic E-state index is 0.0276. The third kappa shape index (κ3) is 3.87. The van der Waals surface area contributed by atoms with Crippen molar-refractivity contribution in [3.8, 4) is 0 Å². The molecule has 26 heavy (non-hydrogen) atoms. The van der Waals surface area contributed by atoms with Gasteiger partial charge in [-0.2, -0.15) is 9.78 Å². The van der Waals surface area contributed by atoms with Gasteiger partial charge in [-0.05, 0) is 33.3 Å². The lowest BCUT2D eigenvalue weighted by atomic mass is 10.1. The number of nitrogens with zero attached hydrogens (tertiary/aromatic N) is 3. The summed E-state index contributed by atoms with van der Waals surface area (Å²) in [5.74, 6) is 0. The molecule has 1 aromatic carbocycles. The molecular formula is C19H25N3O4. The minimum atomic E-state index is -0.784. The molecule has 0 aliphatic rings. The standard InChI is InChI=1S/C19H25N3O4/c1-12(2)21(13(3)4)18(23)22-17-15(10-20-22)8-7-9-16(17)14(5)11-26-19(24)25-6/h7-10,12-13H,5,11H2,1-4,6H3. The van der Waals surface area contributed by atoms with Gasteiger partial charge in [0, 0.05) is 23.0 Å². The van der Waals surface area contributed by atoms with Gasteiger partial charge < -0.3 is 14.4 Å². The maximum Gasteiger partial charge on any atom is 0.508 e. The van der Waals surface area contributed by atoms with E-state index in [4.69, 9.17) is 4.74 Å². The van der Waals surface area contributed by atoms with E-state index in [9.17, 15) is 9.59 Å². The molecule has 0 saturated carbocycles. The maximum atomic E-state index is 13.1. The Morgan fingerprint density at radius 2 is 1.88 bits per heavy atom. The predicted molar refractivity (Wildman–Crippen MR) is 100 cm³/mol. The summed E-state index contributed by atoms with van der Waals surface area (Å²) in [5, 5.41) is 5.10. The summed E-state index contributed by atoms with van der Waals surface area (Å²) >= 11 is 0. The van der Waals surface area contributed by atoms with Gasteiger partial charge in [0.15, 0.2) is 0 Å². The van der Waals surface area contributed by atoms with Crippen LogP contribution in [0, 0.1) is 0 Å². The molecule has 7 heteroatoms. The maximum absolute atomic E-state index is 13.1. The summed E-state index contributed by atoms with van der Waals surface area (Å²) in [5.41, 5.74) is 1.89. The number of fused-ring (bicyclic) bond motifs is 1. The molecule has 1 aromatic heterocycles. The molecular weight excluding hydrogens is 334 g/mol. The van der Waals surface area contributed by atoms with Gasteiger partial charge in [0.05, 0.1) is 18.8 Å². The highest BCUT2D eigenvalue weighted by Gasteiger charge is 2.25. The average molecular weight is 359 g/mol. The second-order valence-electron chi connectivity index (χ2n) is 6.52. The fourth-order valence-corrected chi connectivity index (χ4v) is 2.94. The molecule has 0 atom stereocenters. The topological polar surface area (TPSA) is 73.7 Å². The van der Waals surface area contributed by atoms with E-state index in [1.807, 2.05) is 45.9 Å². The quantitative estimate of drug-likeness (QED) is 0.757. The number of hydrogen-bond donors (Lipinski definition) is 0. The van der Waals surface area contributed by atoms with Crippen LogP contribution in [0.2, 0.25) is 0 Å². The molecule has 2 rings (SSSR count). The Balaban J connectivity index is 2.45. The normalized spacial score (nSPS) is 11.0. The molecule has 0 spiro atoms. The lowest BCUT2D eigenvalue weighted by Crippen LogP contribution is -2.44. The summed E-state index contributed by atoms with van der Waals surface area (Å²) < 4.78 is 10.8. The zero-order valence-corrected chi connectivity index (χ0v) is 15.9. The van der Waals surface area contributed by atoms with E-state index in [2.05, 4.69) is 16.4 Å². The van der Waals surface area contributed by atoms with Crippen molar-refractivity contribution in [2.45, 2.75) is 39.8 Å². The fourth-order valence-electron chi connectivity index (χ4n) is 2.94. The first-order valence-electron chi connectivity index (χ1n) is 8.46. The smallest absolute Gasteiger partial charge is 0.438 e. The first-order valence-corrected chi connectivity index (χ1v) is 8.46. The number of aromatic nitrogens is 2. The second-order valence-corrected chi connectivity index (χ2v) is 6.52. The van der Waals surface area contributed by atoms with Crippen molar-refractivity contribution in [1.82, 2.24) is 14.7 Å². The van der Waals surface area contributed by atoms with Gasteiger partial charge in [-0.3, -0.25) is 0 Å². The van der Waals surface area contributed by atoms with E-state index < -0.39 is 6.16 Å². The summed E-state index contributed by atoms with van der Waals surface area (Å²) in [6.07, 6.45) is 0.859. The molecule has 0 fully saturated rings. The van der Waals surface area contributed by atoms with E-state index in [0.29, 0.717) is 16.7 Å². The van der Waals surface area contributed by atoms with Crippen LogP contribution in [0.5, 0.6) is 0 Å². The van der Waals surface area contributed by atoms with Gasteiger partial charge >= 0.3 is 12.2 Å².